The topological polar surface area (TPSA) is 107 Å². The van der Waals surface area contributed by atoms with Crippen molar-refractivity contribution in [2.75, 3.05) is 20.1 Å². The van der Waals surface area contributed by atoms with E-state index in [4.69, 9.17) is 0 Å². The molecule has 2 N–H and O–H groups in total. The van der Waals surface area contributed by atoms with E-state index >= 15 is 0 Å². The first-order chi connectivity index (χ1) is 20.1. The van der Waals surface area contributed by atoms with Crippen LogP contribution in [0.5, 0.6) is 0 Å². The number of halogens is 1. The van der Waals surface area contributed by atoms with E-state index in [2.05, 4.69) is 5.32 Å². The van der Waals surface area contributed by atoms with Gasteiger partial charge in [0, 0.05) is 38.0 Å². The Balaban J connectivity index is 1.48. The summed E-state index contributed by atoms with van der Waals surface area (Å²) in [5.41, 5.74) is 2.07. The Morgan fingerprint density at radius 3 is 2.52 bits per heavy atom. The summed E-state index contributed by atoms with van der Waals surface area (Å²) in [7, 11) is 1.69. The molecule has 0 aliphatic carbocycles. The minimum atomic E-state index is -1.12. The van der Waals surface area contributed by atoms with E-state index in [0.29, 0.717) is 31.5 Å². The lowest BCUT2D eigenvalue weighted by Gasteiger charge is -2.26. The summed E-state index contributed by atoms with van der Waals surface area (Å²) in [5, 5.41) is 12.5. The number of nitrogens with zero attached hydrogens (tertiary/aromatic N) is 2. The first kappa shape index (κ1) is 30.9. The Morgan fingerprint density at radius 2 is 1.79 bits per heavy atom. The van der Waals surface area contributed by atoms with Crippen molar-refractivity contribution in [2.45, 2.75) is 64.0 Å². The molecule has 1 saturated heterocycles. The zero-order chi connectivity index (χ0) is 30.2. The molecule has 2 aliphatic rings. The summed E-state index contributed by atoms with van der Waals surface area (Å²) >= 11 is 0. The number of carbonyl (C=O) groups excluding carboxylic acids is 3. The highest BCUT2D eigenvalue weighted by Crippen LogP contribution is 2.27. The van der Waals surface area contributed by atoms with Crippen LogP contribution in [0.4, 0.5) is 4.39 Å². The largest absolute Gasteiger partial charge is 0.480 e. The van der Waals surface area contributed by atoms with E-state index < -0.39 is 29.9 Å². The maximum Gasteiger partial charge on any atom is 0.326 e. The number of hydrogen-bond acceptors (Lipinski definition) is 4. The normalized spacial score (nSPS) is 24.6. The first-order valence-electron chi connectivity index (χ1n) is 14.7. The number of aliphatic carboxylic acids is 1. The van der Waals surface area contributed by atoms with Crippen molar-refractivity contribution in [3.8, 4) is 11.1 Å². The van der Waals surface area contributed by atoms with Gasteiger partial charge in [0.25, 0.3) is 5.91 Å². The third kappa shape index (κ3) is 7.84. The van der Waals surface area contributed by atoms with Gasteiger partial charge in [0.15, 0.2) is 0 Å². The zero-order valence-electron chi connectivity index (χ0n) is 24.3. The van der Waals surface area contributed by atoms with E-state index in [9.17, 15) is 28.7 Å². The molecule has 42 heavy (non-hydrogen) atoms. The highest BCUT2D eigenvalue weighted by atomic mass is 19.1. The van der Waals surface area contributed by atoms with Gasteiger partial charge >= 0.3 is 5.97 Å². The molecule has 1 fully saturated rings. The number of hydrogen-bond donors (Lipinski definition) is 2. The van der Waals surface area contributed by atoms with Gasteiger partial charge in [-0.05, 0) is 67.0 Å². The van der Waals surface area contributed by atoms with E-state index in [-0.39, 0.29) is 23.5 Å². The summed E-state index contributed by atoms with van der Waals surface area (Å²) in [5.74, 6) is -2.82. The highest BCUT2D eigenvalue weighted by Gasteiger charge is 2.41. The van der Waals surface area contributed by atoms with E-state index in [1.54, 1.807) is 54.1 Å². The molecule has 2 heterocycles. The van der Waals surface area contributed by atoms with Crippen molar-refractivity contribution >= 4 is 23.7 Å². The highest BCUT2D eigenvalue weighted by molar-refractivity contribution is 5.95. The van der Waals surface area contributed by atoms with Gasteiger partial charge < -0.3 is 20.2 Å². The molecule has 4 rings (SSSR count). The second-order valence-electron chi connectivity index (χ2n) is 11.5. The molecule has 2 aromatic rings. The molecular weight excluding hydrogens is 537 g/mol. The molecule has 8 nitrogen and oxygen atoms in total. The van der Waals surface area contributed by atoms with Gasteiger partial charge in [0.05, 0.1) is 0 Å². The molecule has 9 heteroatoms. The van der Waals surface area contributed by atoms with Crippen molar-refractivity contribution in [2.24, 2.45) is 11.8 Å². The maximum absolute atomic E-state index is 13.4. The second kappa shape index (κ2) is 14.2. The Labute approximate surface area is 246 Å². The van der Waals surface area contributed by atoms with Crippen molar-refractivity contribution in [1.29, 1.82) is 0 Å². The standard InChI is InChI=1S/C33H40FN3O5/c1-22-10-7-5-3-4-6-8-13-29(38)37-21-23(18-28(37)31(39)35-30(22)33(41)42)20-36(2)32(40)26-12-9-11-25(19-26)24-14-16-27(34)17-15-24/h7,9-12,14-17,19,22-23,28,30H,3-6,8,13,18,20-21H2,1-2H3,(H,35,39)(H,41,42)/b10-7-/t22-,23-,28-,30?/m0/s1. The number of fused-ring (bicyclic) bond motifs is 1. The van der Waals surface area contributed by atoms with Crippen LogP contribution in [-0.4, -0.2) is 70.8 Å². The van der Waals surface area contributed by atoms with Gasteiger partial charge in [-0.2, -0.15) is 0 Å². The predicted octanol–water partition coefficient (Wildman–Crippen LogP) is 4.90. The van der Waals surface area contributed by atoms with Crippen molar-refractivity contribution in [3.05, 3.63) is 72.1 Å². The average molecular weight is 578 g/mol. The number of amides is 3. The Hall–Kier alpha value is -4.01. The Morgan fingerprint density at radius 1 is 1.05 bits per heavy atom. The molecule has 0 saturated carbocycles. The van der Waals surface area contributed by atoms with Crippen LogP contribution in [-0.2, 0) is 14.4 Å². The van der Waals surface area contributed by atoms with Crippen LogP contribution in [0.3, 0.4) is 0 Å². The van der Waals surface area contributed by atoms with Gasteiger partial charge in [-0.15, -0.1) is 0 Å². The molecule has 2 aliphatic heterocycles. The van der Waals surface area contributed by atoms with Crippen molar-refractivity contribution in [1.82, 2.24) is 15.1 Å². The molecular formula is C33H40FN3O5. The number of rotatable bonds is 5. The molecule has 0 bridgehead atoms. The summed E-state index contributed by atoms with van der Waals surface area (Å²) in [6.07, 6.45) is 8.89. The van der Waals surface area contributed by atoms with Gasteiger partial charge in [-0.3, -0.25) is 14.4 Å². The van der Waals surface area contributed by atoms with E-state index in [1.807, 2.05) is 18.2 Å². The molecule has 4 atom stereocenters. The third-order valence-corrected chi connectivity index (χ3v) is 8.22. The van der Waals surface area contributed by atoms with Gasteiger partial charge in [0.2, 0.25) is 11.8 Å². The quantitative estimate of drug-likeness (QED) is 0.492. The maximum atomic E-state index is 13.4. The van der Waals surface area contributed by atoms with E-state index in [0.717, 1.165) is 43.2 Å². The second-order valence-corrected chi connectivity index (χ2v) is 11.5. The number of carboxylic acid groups (broad SMARTS) is 1. The predicted molar refractivity (Wildman–Crippen MR) is 158 cm³/mol. The zero-order valence-corrected chi connectivity index (χ0v) is 24.3. The minimum Gasteiger partial charge on any atom is -0.480 e. The SMILES string of the molecule is C[C@H]1/C=C\CCCCCCC(=O)N2C[C@H](CN(C)C(=O)c3cccc(-c4ccc(F)cc4)c3)C[C@H]2C(=O)NC1C(=O)O. The number of benzene rings is 2. The van der Waals surface area contributed by atoms with Crippen LogP contribution in [0.15, 0.2) is 60.7 Å². The molecule has 0 radical (unpaired) electrons. The van der Waals surface area contributed by atoms with Crippen LogP contribution in [0.2, 0.25) is 0 Å². The number of nitrogens with one attached hydrogen (secondary N) is 1. The number of carboxylic acids is 1. The Bertz CT molecular complexity index is 1310. The smallest absolute Gasteiger partial charge is 0.326 e. The van der Waals surface area contributed by atoms with Crippen LogP contribution >= 0.6 is 0 Å². The summed E-state index contributed by atoms with van der Waals surface area (Å²) in [6.45, 7) is 2.41. The van der Waals surface area contributed by atoms with Crippen LogP contribution < -0.4 is 5.32 Å². The minimum absolute atomic E-state index is 0.119. The number of carbonyl (C=O) groups is 4. The van der Waals surface area contributed by atoms with Crippen LogP contribution in [0.1, 0.15) is 62.2 Å². The van der Waals surface area contributed by atoms with Gasteiger partial charge in [0.1, 0.15) is 17.9 Å². The lowest BCUT2D eigenvalue weighted by molar-refractivity contribution is -0.144. The van der Waals surface area contributed by atoms with Gasteiger partial charge in [-0.25, -0.2) is 9.18 Å². The van der Waals surface area contributed by atoms with Crippen molar-refractivity contribution < 1.29 is 28.7 Å². The van der Waals surface area contributed by atoms with Crippen LogP contribution in [0.25, 0.3) is 11.1 Å². The van der Waals surface area contributed by atoms with Crippen LogP contribution in [0, 0.1) is 17.7 Å². The third-order valence-electron chi connectivity index (χ3n) is 8.22. The first-order valence-corrected chi connectivity index (χ1v) is 14.7. The fraction of sp³-hybridized carbons (Fsp3) is 0.455. The molecule has 1 unspecified atom stereocenters. The monoisotopic (exact) mass is 577 g/mol. The van der Waals surface area contributed by atoms with Crippen molar-refractivity contribution in [3.63, 3.8) is 0 Å². The molecule has 0 aromatic heterocycles. The summed E-state index contributed by atoms with van der Waals surface area (Å²) in [4.78, 5) is 55.2. The van der Waals surface area contributed by atoms with Gasteiger partial charge in [-0.1, -0.05) is 56.2 Å². The fourth-order valence-corrected chi connectivity index (χ4v) is 5.87. The molecule has 0 spiro atoms. The Kier molecular flexibility index (Phi) is 10.5. The van der Waals surface area contributed by atoms with E-state index in [1.165, 1.54) is 12.1 Å². The number of allylic oxidation sites excluding steroid dienone is 1. The lowest BCUT2D eigenvalue weighted by Crippen LogP contribution is -2.52. The molecule has 2 aromatic carbocycles. The lowest BCUT2D eigenvalue weighted by atomic mass is 9.99. The average Bonchev–Trinajstić information content (AvgIpc) is 3.40. The fourth-order valence-electron chi connectivity index (χ4n) is 5.87. The summed E-state index contributed by atoms with van der Waals surface area (Å²) < 4.78 is 13.4. The molecule has 3 amide bonds. The molecule has 224 valence electrons. The summed E-state index contributed by atoms with van der Waals surface area (Å²) in [6, 6.07) is 11.3.